The molecule has 1 unspecified atom stereocenters. The summed E-state index contributed by atoms with van der Waals surface area (Å²) in [6, 6.07) is 8.26. The lowest BCUT2D eigenvalue weighted by Gasteiger charge is -2.32. The smallest absolute Gasteiger partial charge is 0.323 e. The van der Waals surface area contributed by atoms with Crippen molar-refractivity contribution in [3.05, 3.63) is 47.5 Å². The van der Waals surface area contributed by atoms with Gasteiger partial charge in [-0.15, -0.1) is 0 Å². The molecule has 1 heterocycles. The summed E-state index contributed by atoms with van der Waals surface area (Å²) >= 11 is 0. The zero-order chi connectivity index (χ0) is 24.6. The van der Waals surface area contributed by atoms with E-state index >= 15 is 0 Å². The minimum atomic E-state index is -3.68. The first-order chi connectivity index (χ1) is 15.2. The number of rotatable bonds is 5. The summed E-state index contributed by atoms with van der Waals surface area (Å²) in [5.41, 5.74) is 0.658. The highest BCUT2D eigenvalue weighted by molar-refractivity contribution is 7.86. The topological polar surface area (TPSA) is 145 Å². The maximum Gasteiger partial charge on any atom is 0.323 e. The van der Waals surface area contributed by atoms with Crippen LogP contribution in [0.15, 0.2) is 36.4 Å². The van der Waals surface area contributed by atoms with Gasteiger partial charge in [0.05, 0.1) is 11.8 Å². The fraction of sp³-hybridized carbons (Fsp3) is 0.364. The highest BCUT2D eigenvalue weighted by atomic mass is 32.2. The average Bonchev–Trinajstić information content (AvgIpc) is 2.68. The Morgan fingerprint density at radius 3 is 2.39 bits per heavy atom. The first-order valence-corrected chi connectivity index (χ1v) is 12.0. The SMILES string of the molecule is CC(C)(C)c1cc(N2CCC(O)NC2=O)cc(C(=O)Nc2ccc(OS(C)(=O)=O)cc2)c1O. The van der Waals surface area contributed by atoms with Crippen LogP contribution < -0.4 is 19.7 Å². The summed E-state index contributed by atoms with van der Waals surface area (Å²) in [7, 11) is -3.68. The van der Waals surface area contributed by atoms with Gasteiger partial charge in [0.1, 0.15) is 17.7 Å². The van der Waals surface area contributed by atoms with Gasteiger partial charge >= 0.3 is 16.1 Å². The van der Waals surface area contributed by atoms with Crippen molar-refractivity contribution in [1.82, 2.24) is 5.32 Å². The van der Waals surface area contributed by atoms with Crippen LogP contribution in [0.3, 0.4) is 0 Å². The van der Waals surface area contributed by atoms with Crippen LogP contribution in [0.25, 0.3) is 0 Å². The van der Waals surface area contributed by atoms with Gasteiger partial charge in [-0.3, -0.25) is 9.69 Å². The number of aliphatic hydroxyl groups is 1. The molecule has 4 N–H and O–H groups in total. The molecular formula is C22H27N3O7S. The van der Waals surface area contributed by atoms with Gasteiger partial charge < -0.3 is 25.0 Å². The van der Waals surface area contributed by atoms with Crippen LogP contribution in [0.1, 0.15) is 43.1 Å². The molecule has 0 aliphatic carbocycles. The minimum Gasteiger partial charge on any atom is -0.507 e. The van der Waals surface area contributed by atoms with E-state index in [-0.39, 0.29) is 23.6 Å². The molecule has 0 spiro atoms. The molecule has 1 aliphatic rings. The zero-order valence-electron chi connectivity index (χ0n) is 18.7. The van der Waals surface area contributed by atoms with Crippen molar-refractivity contribution in [2.24, 2.45) is 0 Å². The maximum absolute atomic E-state index is 13.0. The second kappa shape index (κ2) is 8.91. The van der Waals surface area contributed by atoms with Crippen molar-refractivity contribution in [1.29, 1.82) is 0 Å². The van der Waals surface area contributed by atoms with Crippen molar-refractivity contribution in [3.8, 4) is 11.5 Å². The highest BCUT2D eigenvalue weighted by Gasteiger charge is 2.29. The predicted octanol–water partition coefficient (Wildman–Crippen LogP) is 2.52. The van der Waals surface area contributed by atoms with E-state index in [1.807, 2.05) is 20.8 Å². The maximum atomic E-state index is 13.0. The van der Waals surface area contributed by atoms with Crippen LogP contribution in [0.2, 0.25) is 0 Å². The van der Waals surface area contributed by atoms with E-state index in [0.29, 0.717) is 23.4 Å². The molecule has 2 aromatic carbocycles. The molecule has 178 valence electrons. The van der Waals surface area contributed by atoms with Crippen molar-refractivity contribution < 1.29 is 32.4 Å². The van der Waals surface area contributed by atoms with Crippen molar-refractivity contribution >= 4 is 33.4 Å². The van der Waals surface area contributed by atoms with E-state index in [0.717, 1.165) is 6.26 Å². The lowest BCUT2D eigenvalue weighted by atomic mass is 9.84. The number of hydrogen-bond acceptors (Lipinski definition) is 7. The number of phenols is 1. The normalized spacial score (nSPS) is 16.8. The number of anilines is 2. The summed E-state index contributed by atoms with van der Waals surface area (Å²) < 4.78 is 27.2. The molecule has 11 heteroatoms. The number of phenolic OH excluding ortho intramolecular Hbond substituents is 1. The third-order valence-corrected chi connectivity index (χ3v) is 5.48. The van der Waals surface area contributed by atoms with E-state index < -0.39 is 33.7 Å². The second-order valence-electron chi connectivity index (χ2n) is 8.81. The molecule has 1 saturated heterocycles. The molecule has 1 aliphatic heterocycles. The van der Waals surface area contributed by atoms with Gasteiger partial charge in [-0.25, -0.2) is 4.79 Å². The standard InChI is InChI=1S/C22H27N3O7S/c1-22(2,3)17-12-14(25-10-9-18(26)24-21(25)29)11-16(19(17)27)20(28)23-13-5-7-15(8-6-13)32-33(4,30)31/h5-8,11-12,18,26-27H,9-10H2,1-4H3,(H,23,28)(H,24,29). The molecule has 2 aromatic rings. The number of hydrogen-bond donors (Lipinski definition) is 4. The van der Waals surface area contributed by atoms with Crippen LogP contribution >= 0.6 is 0 Å². The molecule has 0 bridgehead atoms. The van der Waals surface area contributed by atoms with Crippen LogP contribution in [0.5, 0.6) is 11.5 Å². The van der Waals surface area contributed by atoms with Crippen LogP contribution in [-0.2, 0) is 15.5 Å². The number of urea groups is 1. The molecule has 3 amide bonds. The number of nitrogens with zero attached hydrogens (tertiary/aromatic N) is 1. The van der Waals surface area contributed by atoms with E-state index in [1.54, 1.807) is 6.07 Å². The minimum absolute atomic E-state index is 0.0344. The predicted molar refractivity (Wildman–Crippen MR) is 123 cm³/mol. The third-order valence-electron chi connectivity index (χ3n) is 4.98. The molecule has 0 saturated carbocycles. The van der Waals surface area contributed by atoms with Crippen LogP contribution in [0.4, 0.5) is 16.2 Å². The van der Waals surface area contributed by atoms with Gasteiger partial charge in [0.2, 0.25) is 0 Å². The van der Waals surface area contributed by atoms with Gasteiger partial charge in [0.25, 0.3) is 5.91 Å². The molecule has 1 atom stereocenters. The number of benzene rings is 2. The fourth-order valence-electron chi connectivity index (χ4n) is 3.38. The molecule has 10 nitrogen and oxygen atoms in total. The largest absolute Gasteiger partial charge is 0.507 e. The summed E-state index contributed by atoms with van der Waals surface area (Å²) in [4.78, 5) is 26.8. The lowest BCUT2D eigenvalue weighted by Crippen LogP contribution is -2.52. The Labute approximate surface area is 192 Å². The monoisotopic (exact) mass is 477 g/mol. The highest BCUT2D eigenvalue weighted by Crippen LogP contribution is 2.38. The summed E-state index contributed by atoms with van der Waals surface area (Å²) in [5.74, 6) is -0.735. The van der Waals surface area contributed by atoms with E-state index in [2.05, 4.69) is 10.6 Å². The molecule has 3 rings (SSSR count). The first-order valence-electron chi connectivity index (χ1n) is 10.2. The lowest BCUT2D eigenvalue weighted by molar-refractivity contribution is 0.102. The van der Waals surface area contributed by atoms with Gasteiger partial charge in [-0.05, 0) is 41.8 Å². The Balaban J connectivity index is 1.94. The van der Waals surface area contributed by atoms with Crippen LogP contribution in [-0.4, -0.2) is 49.6 Å². The van der Waals surface area contributed by atoms with E-state index in [1.165, 1.54) is 35.2 Å². The molecule has 33 heavy (non-hydrogen) atoms. The van der Waals surface area contributed by atoms with Crippen LogP contribution in [0, 0.1) is 0 Å². The van der Waals surface area contributed by atoms with E-state index in [9.17, 15) is 28.2 Å². The number of amides is 3. The fourth-order valence-corrected chi connectivity index (χ4v) is 3.84. The van der Waals surface area contributed by atoms with Gasteiger partial charge in [-0.1, -0.05) is 20.8 Å². The summed E-state index contributed by atoms with van der Waals surface area (Å²) in [6.07, 6.45) is 0.292. The summed E-state index contributed by atoms with van der Waals surface area (Å²) in [6.45, 7) is 5.85. The number of nitrogens with one attached hydrogen (secondary N) is 2. The Morgan fingerprint density at radius 1 is 1.21 bits per heavy atom. The Morgan fingerprint density at radius 2 is 1.85 bits per heavy atom. The summed E-state index contributed by atoms with van der Waals surface area (Å²) in [5, 5.41) is 25.6. The molecular weight excluding hydrogens is 450 g/mol. The number of carbonyl (C=O) groups excluding carboxylic acids is 2. The molecule has 0 aromatic heterocycles. The zero-order valence-corrected chi connectivity index (χ0v) is 19.6. The second-order valence-corrected chi connectivity index (χ2v) is 10.4. The molecule has 1 fully saturated rings. The number of aromatic hydroxyl groups is 1. The number of aliphatic hydroxyl groups excluding tert-OH is 1. The Bertz CT molecular complexity index is 1170. The number of carbonyl (C=O) groups is 2. The Hall–Kier alpha value is -3.31. The van der Waals surface area contributed by atoms with Gasteiger partial charge in [0.15, 0.2) is 0 Å². The van der Waals surface area contributed by atoms with Crippen molar-refractivity contribution in [2.75, 3.05) is 23.0 Å². The Kier molecular flexibility index (Phi) is 6.57. The van der Waals surface area contributed by atoms with E-state index in [4.69, 9.17) is 4.18 Å². The van der Waals surface area contributed by atoms with Gasteiger partial charge in [-0.2, -0.15) is 8.42 Å². The first kappa shape index (κ1) is 24.3. The van der Waals surface area contributed by atoms with Crippen molar-refractivity contribution in [2.45, 2.75) is 38.8 Å². The third kappa shape index (κ3) is 5.93. The van der Waals surface area contributed by atoms with Crippen molar-refractivity contribution in [3.63, 3.8) is 0 Å². The van der Waals surface area contributed by atoms with Gasteiger partial charge in [0, 0.05) is 29.9 Å². The quantitative estimate of drug-likeness (QED) is 0.484. The average molecular weight is 478 g/mol. The molecule has 0 radical (unpaired) electrons.